The predicted molar refractivity (Wildman–Crippen MR) is 70.0 cm³/mol. The number of fused-ring (bicyclic) bond motifs is 1. The number of thiol groups is 1. The van der Waals surface area contributed by atoms with E-state index in [0.29, 0.717) is 6.61 Å². The lowest BCUT2D eigenvalue weighted by Crippen LogP contribution is -2.16. The molecule has 0 aliphatic carbocycles. The molecule has 1 unspecified atom stereocenters. The number of benzene rings is 1. The molecule has 4 heteroatoms. The number of H-pyrrole nitrogens is 1. The maximum Gasteiger partial charge on any atom is 0.121 e. The molecule has 0 amide bonds. The van der Waals surface area contributed by atoms with Crippen molar-refractivity contribution in [1.82, 2.24) is 4.98 Å². The molecule has 90 valence electrons. The fourth-order valence-corrected chi connectivity index (χ4v) is 2.40. The third kappa shape index (κ3) is 2.28. The molecular formula is C13H15NO2S. The second-order valence-corrected chi connectivity index (χ2v) is 4.81. The lowest BCUT2D eigenvalue weighted by Gasteiger charge is -2.11. The monoisotopic (exact) mass is 249 g/mol. The Morgan fingerprint density at radius 1 is 1.47 bits per heavy atom. The number of rotatable bonds is 3. The standard InChI is InChI=1S/C13H15NO2S/c17-13-7-14-12-6-9(3-4-11(12)13)16-8-10-2-1-5-15-10/h3-4,6-7,10,14,17H,1-2,5,8H2. The predicted octanol–water partition coefficient (Wildman–Crippen LogP) is 3.01. The van der Waals surface area contributed by atoms with Gasteiger partial charge in [-0.1, -0.05) is 0 Å². The Labute approximate surface area is 106 Å². The van der Waals surface area contributed by atoms with Gasteiger partial charge in [-0.25, -0.2) is 0 Å². The molecule has 1 atom stereocenters. The molecule has 1 fully saturated rings. The van der Waals surface area contributed by atoms with Crippen LogP contribution in [-0.2, 0) is 4.74 Å². The lowest BCUT2D eigenvalue weighted by molar-refractivity contribution is 0.0680. The minimum atomic E-state index is 0.259. The van der Waals surface area contributed by atoms with Crippen LogP contribution in [0.25, 0.3) is 10.9 Å². The van der Waals surface area contributed by atoms with E-state index in [4.69, 9.17) is 9.47 Å². The first-order valence-corrected chi connectivity index (χ1v) is 6.32. The summed E-state index contributed by atoms with van der Waals surface area (Å²) in [5, 5.41) is 1.12. The van der Waals surface area contributed by atoms with Gasteiger partial charge in [-0.05, 0) is 25.0 Å². The molecule has 1 aromatic carbocycles. The van der Waals surface area contributed by atoms with Crippen molar-refractivity contribution in [3.05, 3.63) is 24.4 Å². The number of ether oxygens (including phenoxy) is 2. The molecule has 1 aliphatic rings. The van der Waals surface area contributed by atoms with Crippen molar-refractivity contribution in [2.75, 3.05) is 13.2 Å². The fraction of sp³-hybridized carbons (Fsp3) is 0.385. The van der Waals surface area contributed by atoms with Crippen LogP contribution in [0.1, 0.15) is 12.8 Å². The summed E-state index contributed by atoms with van der Waals surface area (Å²) < 4.78 is 11.3. The van der Waals surface area contributed by atoms with Crippen molar-refractivity contribution in [2.45, 2.75) is 23.8 Å². The molecule has 17 heavy (non-hydrogen) atoms. The van der Waals surface area contributed by atoms with Gasteiger partial charge in [0, 0.05) is 29.2 Å². The molecular weight excluding hydrogens is 234 g/mol. The molecule has 2 heterocycles. The zero-order valence-electron chi connectivity index (χ0n) is 9.48. The van der Waals surface area contributed by atoms with Gasteiger partial charge < -0.3 is 14.5 Å². The van der Waals surface area contributed by atoms with Gasteiger partial charge in [0.25, 0.3) is 0 Å². The quantitative estimate of drug-likeness (QED) is 0.820. The average molecular weight is 249 g/mol. The normalized spacial score (nSPS) is 19.9. The van der Waals surface area contributed by atoms with Gasteiger partial charge in [-0.2, -0.15) is 0 Å². The van der Waals surface area contributed by atoms with Crippen LogP contribution in [-0.4, -0.2) is 24.3 Å². The Balaban J connectivity index is 1.72. The van der Waals surface area contributed by atoms with Gasteiger partial charge in [0.2, 0.25) is 0 Å². The number of hydrogen-bond acceptors (Lipinski definition) is 3. The van der Waals surface area contributed by atoms with E-state index in [1.807, 2.05) is 24.4 Å². The van der Waals surface area contributed by atoms with Crippen LogP contribution < -0.4 is 4.74 Å². The Bertz CT molecular complexity index is 517. The topological polar surface area (TPSA) is 34.2 Å². The lowest BCUT2D eigenvalue weighted by atomic mass is 10.2. The summed E-state index contributed by atoms with van der Waals surface area (Å²) in [6, 6.07) is 6.01. The van der Waals surface area contributed by atoms with E-state index in [9.17, 15) is 0 Å². The molecule has 1 aromatic heterocycles. The fourth-order valence-electron chi connectivity index (χ4n) is 2.14. The second-order valence-electron chi connectivity index (χ2n) is 4.33. The van der Waals surface area contributed by atoms with Crippen molar-refractivity contribution in [2.24, 2.45) is 0 Å². The van der Waals surface area contributed by atoms with Crippen molar-refractivity contribution in [3.63, 3.8) is 0 Å². The first-order valence-electron chi connectivity index (χ1n) is 5.87. The first-order chi connectivity index (χ1) is 8.33. The molecule has 2 aromatic rings. The van der Waals surface area contributed by atoms with Gasteiger partial charge in [-0.15, -0.1) is 12.6 Å². The number of nitrogens with one attached hydrogen (secondary N) is 1. The molecule has 0 saturated carbocycles. The largest absolute Gasteiger partial charge is 0.491 e. The van der Waals surface area contributed by atoms with E-state index in [2.05, 4.69) is 17.6 Å². The van der Waals surface area contributed by atoms with Crippen molar-refractivity contribution in [1.29, 1.82) is 0 Å². The van der Waals surface area contributed by atoms with Gasteiger partial charge in [0.05, 0.1) is 11.6 Å². The smallest absolute Gasteiger partial charge is 0.121 e. The van der Waals surface area contributed by atoms with Crippen LogP contribution in [0, 0.1) is 0 Å². The molecule has 1 N–H and O–H groups in total. The summed E-state index contributed by atoms with van der Waals surface area (Å²) in [6.45, 7) is 1.51. The molecule has 0 radical (unpaired) electrons. The first kappa shape index (κ1) is 11.0. The molecule has 3 rings (SSSR count). The maximum absolute atomic E-state index is 5.74. The average Bonchev–Trinajstić information content (AvgIpc) is 2.97. The van der Waals surface area contributed by atoms with Gasteiger partial charge in [0.15, 0.2) is 0 Å². The van der Waals surface area contributed by atoms with Gasteiger partial charge in [0.1, 0.15) is 12.4 Å². The Hall–Kier alpha value is -1.13. The van der Waals surface area contributed by atoms with Crippen LogP contribution >= 0.6 is 12.6 Å². The van der Waals surface area contributed by atoms with Crippen LogP contribution in [0.3, 0.4) is 0 Å². The second kappa shape index (κ2) is 4.63. The summed E-state index contributed by atoms with van der Waals surface area (Å²) in [5.41, 5.74) is 1.06. The molecule has 1 aliphatic heterocycles. The zero-order chi connectivity index (χ0) is 11.7. The highest BCUT2D eigenvalue weighted by Crippen LogP contribution is 2.25. The molecule has 0 bridgehead atoms. The Morgan fingerprint density at radius 3 is 3.24 bits per heavy atom. The van der Waals surface area contributed by atoms with Crippen molar-refractivity contribution < 1.29 is 9.47 Å². The number of aromatic amines is 1. The van der Waals surface area contributed by atoms with E-state index in [1.54, 1.807) is 0 Å². The highest BCUT2D eigenvalue weighted by atomic mass is 32.1. The van der Waals surface area contributed by atoms with Crippen LogP contribution in [0.2, 0.25) is 0 Å². The van der Waals surface area contributed by atoms with E-state index >= 15 is 0 Å². The summed E-state index contributed by atoms with van der Waals surface area (Å²) in [4.78, 5) is 4.13. The van der Waals surface area contributed by atoms with Crippen molar-refractivity contribution in [3.8, 4) is 5.75 Å². The minimum Gasteiger partial charge on any atom is -0.491 e. The third-order valence-corrected chi connectivity index (χ3v) is 3.46. The highest BCUT2D eigenvalue weighted by Gasteiger charge is 2.16. The highest BCUT2D eigenvalue weighted by molar-refractivity contribution is 7.80. The van der Waals surface area contributed by atoms with E-state index in [0.717, 1.165) is 41.0 Å². The van der Waals surface area contributed by atoms with Crippen LogP contribution in [0.5, 0.6) is 5.75 Å². The maximum atomic E-state index is 5.74. The molecule has 0 spiro atoms. The molecule has 3 nitrogen and oxygen atoms in total. The Kier molecular flexibility index (Phi) is 2.99. The Morgan fingerprint density at radius 2 is 2.41 bits per heavy atom. The number of aromatic nitrogens is 1. The number of hydrogen-bond donors (Lipinski definition) is 2. The SMILES string of the molecule is Sc1c[nH]c2cc(OCC3CCCO3)ccc12. The van der Waals surface area contributed by atoms with Crippen LogP contribution in [0.15, 0.2) is 29.3 Å². The third-order valence-electron chi connectivity index (χ3n) is 3.09. The zero-order valence-corrected chi connectivity index (χ0v) is 10.4. The summed E-state index contributed by atoms with van der Waals surface area (Å²) >= 11 is 4.37. The van der Waals surface area contributed by atoms with Gasteiger partial charge in [-0.3, -0.25) is 0 Å². The van der Waals surface area contributed by atoms with Gasteiger partial charge >= 0.3 is 0 Å². The van der Waals surface area contributed by atoms with Crippen molar-refractivity contribution >= 4 is 23.5 Å². The summed E-state index contributed by atoms with van der Waals surface area (Å²) in [6.07, 6.45) is 4.39. The van der Waals surface area contributed by atoms with E-state index in [-0.39, 0.29) is 6.10 Å². The summed E-state index contributed by atoms with van der Waals surface area (Å²) in [5.74, 6) is 0.878. The summed E-state index contributed by atoms with van der Waals surface area (Å²) in [7, 11) is 0. The van der Waals surface area contributed by atoms with Crippen LogP contribution in [0.4, 0.5) is 0 Å². The van der Waals surface area contributed by atoms with E-state index in [1.165, 1.54) is 0 Å². The van der Waals surface area contributed by atoms with E-state index < -0.39 is 0 Å². The molecule has 1 saturated heterocycles. The minimum absolute atomic E-state index is 0.259.